The van der Waals surface area contributed by atoms with Crippen LogP contribution in [0, 0.1) is 12.7 Å². The van der Waals surface area contributed by atoms with E-state index in [4.69, 9.17) is 9.84 Å². The fourth-order valence-electron chi connectivity index (χ4n) is 1.86. The molecule has 1 aromatic carbocycles. The molecule has 4 heteroatoms. The summed E-state index contributed by atoms with van der Waals surface area (Å²) in [6.45, 7) is 4.99. The Balaban J connectivity index is 3.05. The summed E-state index contributed by atoms with van der Waals surface area (Å²) in [6.07, 6.45) is 0.613. The van der Waals surface area contributed by atoms with Gasteiger partial charge in [0.15, 0.2) is 0 Å². The molecule has 0 aromatic heterocycles. The van der Waals surface area contributed by atoms with Crippen molar-refractivity contribution in [3.8, 4) is 0 Å². The molecule has 0 aliphatic rings. The van der Waals surface area contributed by atoms with Crippen molar-refractivity contribution in [1.29, 1.82) is 0 Å². The number of carbonyl (C=O) groups is 1. The minimum absolute atomic E-state index is 0.00189. The Hall–Kier alpha value is -1.84. The predicted octanol–water partition coefficient (Wildman–Crippen LogP) is 3.24. The van der Waals surface area contributed by atoms with Gasteiger partial charge in [-0.1, -0.05) is 18.7 Å². The van der Waals surface area contributed by atoms with Gasteiger partial charge in [0, 0.05) is 6.42 Å². The lowest BCUT2D eigenvalue weighted by Gasteiger charge is -2.17. The molecule has 1 atom stereocenters. The van der Waals surface area contributed by atoms with Crippen LogP contribution in [0.2, 0.25) is 0 Å². The second-order valence-electron chi connectivity index (χ2n) is 4.13. The Morgan fingerprint density at radius 3 is 2.78 bits per heavy atom. The SMILES string of the molecule is C=C(O)CC[C@@H](C(=O)OC)c1cccc(F)c1C. The van der Waals surface area contributed by atoms with Gasteiger partial charge in [-0.15, -0.1) is 0 Å². The molecular weight excluding hydrogens is 235 g/mol. The minimum Gasteiger partial charge on any atom is -0.513 e. The van der Waals surface area contributed by atoms with Crippen molar-refractivity contribution in [2.45, 2.75) is 25.7 Å². The highest BCUT2D eigenvalue weighted by molar-refractivity contribution is 5.78. The fourth-order valence-corrected chi connectivity index (χ4v) is 1.86. The summed E-state index contributed by atoms with van der Waals surface area (Å²) in [5.74, 6) is -1.39. The van der Waals surface area contributed by atoms with Gasteiger partial charge in [0.25, 0.3) is 0 Å². The number of rotatable bonds is 5. The molecule has 0 amide bonds. The number of methoxy groups -OCH3 is 1. The van der Waals surface area contributed by atoms with Gasteiger partial charge in [-0.05, 0) is 30.5 Å². The number of aliphatic hydroxyl groups excluding tert-OH is 1. The molecule has 3 nitrogen and oxygen atoms in total. The molecule has 0 unspecified atom stereocenters. The largest absolute Gasteiger partial charge is 0.513 e. The van der Waals surface area contributed by atoms with Gasteiger partial charge < -0.3 is 9.84 Å². The van der Waals surface area contributed by atoms with E-state index in [1.807, 2.05) is 0 Å². The molecular formula is C14H17FO3. The average Bonchev–Trinajstić information content (AvgIpc) is 2.33. The van der Waals surface area contributed by atoms with E-state index < -0.39 is 11.9 Å². The van der Waals surface area contributed by atoms with Crippen LogP contribution >= 0.6 is 0 Å². The standard InChI is InChI=1S/C14H17FO3/c1-9(16)7-8-12(14(17)18-3)11-5-4-6-13(15)10(11)2/h4-6,12,16H,1,7-8H2,2-3H3/t12-/m1/s1. The number of aliphatic hydroxyl groups is 1. The maximum Gasteiger partial charge on any atom is 0.313 e. The van der Waals surface area contributed by atoms with Gasteiger partial charge in [0.05, 0.1) is 18.8 Å². The minimum atomic E-state index is -0.588. The van der Waals surface area contributed by atoms with E-state index >= 15 is 0 Å². The van der Waals surface area contributed by atoms with Crippen LogP contribution in [0.4, 0.5) is 4.39 Å². The Bertz CT molecular complexity index is 454. The van der Waals surface area contributed by atoms with E-state index in [1.54, 1.807) is 19.1 Å². The molecule has 0 saturated carbocycles. The molecule has 0 heterocycles. The summed E-state index contributed by atoms with van der Waals surface area (Å²) in [5, 5.41) is 9.11. The zero-order valence-corrected chi connectivity index (χ0v) is 10.6. The highest BCUT2D eigenvalue weighted by Gasteiger charge is 2.24. The maximum absolute atomic E-state index is 13.5. The Morgan fingerprint density at radius 2 is 2.22 bits per heavy atom. The second-order valence-corrected chi connectivity index (χ2v) is 4.13. The van der Waals surface area contributed by atoms with Gasteiger partial charge in [0.1, 0.15) is 5.82 Å². The Labute approximate surface area is 106 Å². The van der Waals surface area contributed by atoms with E-state index in [0.717, 1.165) is 0 Å². The predicted molar refractivity (Wildman–Crippen MR) is 66.9 cm³/mol. The zero-order chi connectivity index (χ0) is 13.7. The quantitative estimate of drug-likeness (QED) is 0.646. The van der Waals surface area contributed by atoms with E-state index in [-0.39, 0.29) is 18.0 Å². The van der Waals surface area contributed by atoms with Crippen LogP contribution in [-0.4, -0.2) is 18.2 Å². The van der Waals surface area contributed by atoms with Crippen LogP contribution in [0.3, 0.4) is 0 Å². The number of halogens is 1. The monoisotopic (exact) mass is 252 g/mol. The lowest BCUT2D eigenvalue weighted by molar-refractivity contribution is -0.142. The average molecular weight is 252 g/mol. The van der Waals surface area contributed by atoms with Crippen molar-refractivity contribution in [3.63, 3.8) is 0 Å². The molecule has 0 radical (unpaired) electrons. The van der Waals surface area contributed by atoms with Crippen LogP contribution in [0.1, 0.15) is 29.9 Å². The van der Waals surface area contributed by atoms with E-state index in [1.165, 1.54) is 13.2 Å². The Kier molecular flexibility index (Phi) is 4.89. The van der Waals surface area contributed by atoms with Gasteiger partial charge in [0.2, 0.25) is 0 Å². The number of carbonyl (C=O) groups excluding carboxylic acids is 1. The third kappa shape index (κ3) is 3.32. The van der Waals surface area contributed by atoms with Crippen molar-refractivity contribution in [2.24, 2.45) is 0 Å². The maximum atomic E-state index is 13.5. The normalized spacial score (nSPS) is 11.9. The van der Waals surface area contributed by atoms with E-state index in [2.05, 4.69) is 6.58 Å². The molecule has 18 heavy (non-hydrogen) atoms. The van der Waals surface area contributed by atoms with Gasteiger partial charge >= 0.3 is 5.97 Å². The summed E-state index contributed by atoms with van der Waals surface area (Å²) < 4.78 is 18.2. The lowest BCUT2D eigenvalue weighted by Crippen LogP contribution is -2.16. The van der Waals surface area contributed by atoms with E-state index in [9.17, 15) is 9.18 Å². The summed E-state index contributed by atoms with van der Waals surface area (Å²) in [7, 11) is 1.29. The molecule has 0 spiro atoms. The smallest absolute Gasteiger partial charge is 0.313 e. The van der Waals surface area contributed by atoms with Crippen LogP contribution in [0.15, 0.2) is 30.5 Å². The van der Waals surface area contributed by atoms with Crippen molar-refractivity contribution >= 4 is 5.97 Å². The second kappa shape index (κ2) is 6.19. The number of esters is 1. The highest BCUT2D eigenvalue weighted by Crippen LogP contribution is 2.28. The third-order valence-electron chi connectivity index (χ3n) is 2.89. The number of hydrogen-bond acceptors (Lipinski definition) is 3. The first-order valence-electron chi connectivity index (χ1n) is 5.67. The van der Waals surface area contributed by atoms with Crippen LogP contribution in [0.25, 0.3) is 0 Å². The first-order valence-corrected chi connectivity index (χ1v) is 5.67. The van der Waals surface area contributed by atoms with Crippen molar-refractivity contribution in [3.05, 3.63) is 47.5 Å². The third-order valence-corrected chi connectivity index (χ3v) is 2.89. The summed E-state index contributed by atoms with van der Waals surface area (Å²) in [4.78, 5) is 11.7. The zero-order valence-electron chi connectivity index (χ0n) is 10.6. The van der Waals surface area contributed by atoms with Gasteiger partial charge in [-0.2, -0.15) is 0 Å². The summed E-state index contributed by atoms with van der Waals surface area (Å²) in [5.41, 5.74) is 1.01. The summed E-state index contributed by atoms with van der Waals surface area (Å²) >= 11 is 0. The van der Waals surface area contributed by atoms with Crippen molar-refractivity contribution in [1.82, 2.24) is 0 Å². The molecule has 0 bridgehead atoms. The molecule has 1 aromatic rings. The first kappa shape index (κ1) is 14.2. The van der Waals surface area contributed by atoms with Gasteiger partial charge in [-0.25, -0.2) is 4.39 Å². The van der Waals surface area contributed by atoms with Gasteiger partial charge in [-0.3, -0.25) is 4.79 Å². The number of allylic oxidation sites excluding steroid dienone is 1. The van der Waals surface area contributed by atoms with Crippen molar-refractivity contribution < 1.29 is 19.0 Å². The molecule has 1 rings (SSSR count). The van der Waals surface area contributed by atoms with E-state index in [0.29, 0.717) is 17.5 Å². The Morgan fingerprint density at radius 1 is 1.56 bits per heavy atom. The molecule has 98 valence electrons. The molecule has 0 fully saturated rings. The molecule has 0 aliphatic heterocycles. The highest BCUT2D eigenvalue weighted by atomic mass is 19.1. The summed E-state index contributed by atoms with van der Waals surface area (Å²) in [6, 6.07) is 4.60. The number of ether oxygens (including phenoxy) is 1. The van der Waals surface area contributed by atoms with Crippen molar-refractivity contribution in [2.75, 3.05) is 7.11 Å². The fraction of sp³-hybridized carbons (Fsp3) is 0.357. The molecule has 0 aliphatic carbocycles. The van der Waals surface area contributed by atoms with Crippen LogP contribution in [-0.2, 0) is 9.53 Å². The molecule has 0 saturated heterocycles. The lowest BCUT2D eigenvalue weighted by atomic mass is 9.90. The number of benzene rings is 1. The van der Waals surface area contributed by atoms with Crippen LogP contribution < -0.4 is 0 Å². The molecule has 1 N–H and O–H groups in total. The topological polar surface area (TPSA) is 46.5 Å². The van der Waals surface area contributed by atoms with Crippen LogP contribution in [0.5, 0.6) is 0 Å². The first-order chi connectivity index (χ1) is 8.47. The number of hydrogen-bond donors (Lipinski definition) is 1.